The van der Waals surface area contributed by atoms with Crippen molar-refractivity contribution in [2.24, 2.45) is 0 Å². The van der Waals surface area contributed by atoms with E-state index < -0.39 is 0 Å². The maximum Gasteiger partial charge on any atom is 0.122 e. The number of unbranched alkanes of at least 4 members (excludes halogenated alkanes) is 5. The van der Waals surface area contributed by atoms with Gasteiger partial charge in [-0.1, -0.05) is 62.1 Å². The fraction of sp³-hybridized carbons (Fsp3) is 0.429. The Morgan fingerprint density at radius 3 is 2.13 bits per heavy atom. The minimum Gasteiger partial charge on any atom is -0.496 e. The van der Waals surface area contributed by atoms with Gasteiger partial charge in [0.05, 0.1) is 13.7 Å². The standard InChI is InChI=1S/C21H28O2/c1-22-21-17-11-10-14-19(21)13-7-4-2-3-5-12-18-23-20-15-8-6-9-16-20/h6,8-11,14-17H,2-5,7,12-13,18H2,1H3. The minimum absolute atomic E-state index is 0.825. The van der Waals surface area contributed by atoms with Gasteiger partial charge in [0.15, 0.2) is 0 Å². The molecule has 0 bridgehead atoms. The topological polar surface area (TPSA) is 18.5 Å². The summed E-state index contributed by atoms with van der Waals surface area (Å²) in [6, 6.07) is 18.4. The van der Waals surface area contributed by atoms with Crippen LogP contribution < -0.4 is 9.47 Å². The first-order valence-corrected chi connectivity index (χ1v) is 8.70. The highest BCUT2D eigenvalue weighted by atomic mass is 16.5. The summed E-state index contributed by atoms with van der Waals surface area (Å²) in [5.74, 6) is 2.00. The van der Waals surface area contributed by atoms with Crippen LogP contribution in [0.2, 0.25) is 0 Å². The molecule has 0 spiro atoms. The second kappa shape index (κ2) is 10.7. The lowest BCUT2D eigenvalue weighted by molar-refractivity contribution is 0.304. The van der Waals surface area contributed by atoms with Gasteiger partial charge in [0.25, 0.3) is 0 Å². The van der Waals surface area contributed by atoms with Crippen molar-refractivity contribution < 1.29 is 9.47 Å². The van der Waals surface area contributed by atoms with Crippen LogP contribution in [0.5, 0.6) is 11.5 Å². The predicted molar refractivity (Wildman–Crippen MR) is 96.3 cm³/mol. The van der Waals surface area contributed by atoms with Crippen LogP contribution in [0.1, 0.15) is 44.1 Å². The average molecular weight is 312 g/mol. The van der Waals surface area contributed by atoms with Crippen LogP contribution in [0.3, 0.4) is 0 Å². The van der Waals surface area contributed by atoms with E-state index in [1.54, 1.807) is 7.11 Å². The van der Waals surface area contributed by atoms with Gasteiger partial charge in [-0.25, -0.2) is 0 Å². The van der Waals surface area contributed by atoms with Gasteiger partial charge in [0.2, 0.25) is 0 Å². The van der Waals surface area contributed by atoms with Crippen molar-refractivity contribution in [2.75, 3.05) is 13.7 Å². The van der Waals surface area contributed by atoms with E-state index in [1.165, 1.54) is 37.7 Å². The first-order valence-electron chi connectivity index (χ1n) is 8.70. The van der Waals surface area contributed by atoms with Crippen LogP contribution in [-0.4, -0.2) is 13.7 Å². The Bertz CT molecular complexity index is 537. The molecule has 0 saturated carbocycles. The van der Waals surface area contributed by atoms with Gasteiger partial charge >= 0.3 is 0 Å². The molecular formula is C21H28O2. The molecule has 2 nitrogen and oxygen atoms in total. The van der Waals surface area contributed by atoms with E-state index in [4.69, 9.17) is 9.47 Å². The molecule has 0 saturated heterocycles. The smallest absolute Gasteiger partial charge is 0.122 e. The Hall–Kier alpha value is -1.96. The normalized spacial score (nSPS) is 10.5. The minimum atomic E-state index is 0.825. The Morgan fingerprint density at radius 2 is 1.35 bits per heavy atom. The van der Waals surface area contributed by atoms with Crippen LogP contribution in [-0.2, 0) is 6.42 Å². The maximum atomic E-state index is 5.70. The van der Waals surface area contributed by atoms with Crippen molar-refractivity contribution in [1.82, 2.24) is 0 Å². The molecule has 0 aliphatic carbocycles. The van der Waals surface area contributed by atoms with E-state index in [9.17, 15) is 0 Å². The van der Waals surface area contributed by atoms with Gasteiger partial charge < -0.3 is 9.47 Å². The fourth-order valence-electron chi connectivity index (χ4n) is 2.74. The second-order valence-electron chi connectivity index (χ2n) is 5.84. The third-order valence-electron chi connectivity index (χ3n) is 4.04. The van der Waals surface area contributed by atoms with Crippen LogP contribution in [0.15, 0.2) is 54.6 Å². The Morgan fingerprint density at radius 1 is 0.696 bits per heavy atom. The van der Waals surface area contributed by atoms with E-state index in [0.29, 0.717) is 0 Å². The van der Waals surface area contributed by atoms with E-state index >= 15 is 0 Å². The van der Waals surface area contributed by atoms with Crippen molar-refractivity contribution in [1.29, 1.82) is 0 Å². The molecule has 2 heteroatoms. The summed E-state index contributed by atoms with van der Waals surface area (Å²) in [6.45, 7) is 0.825. The van der Waals surface area contributed by atoms with E-state index in [1.807, 2.05) is 42.5 Å². The SMILES string of the molecule is COc1ccccc1CCCCCCCCOc1ccccc1. The lowest BCUT2D eigenvalue weighted by Crippen LogP contribution is -1.97. The zero-order chi connectivity index (χ0) is 16.2. The van der Waals surface area contributed by atoms with Crippen molar-refractivity contribution in [3.05, 3.63) is 60.2 Å². The molecule has 0 aliphatic rings. The molecule has 2 rings (SSSR count). The first-order chi connectivity index (χ1) is 11.4. The zero-order valence-electron chi connectivity index (χ0n) is 14.2. The number of rotatable bonds is 11. The summed E-state index contributed by atoms with van der Waals surface area (Å²) < 4.78 is 11.1. The van der Waals surface area contributed by atoms with Gasteiger partial charge in [-0.05, 0) is 43.0 Å². The summed E-state index contributed by atoms with van der Waals surface area (Å²) in [5, 5.41) is 0. The van der Waals surface area contributed by atoms with Crippen molar-refractivity contribution in [3.8, 4) is 11.5 Å². The maximum absolute atomic E-state index is 5.70. The summed E-state index contributed by atoms with van der Waals surface area (Å²) in [7, 11) is 1.75. The highest BCUT2D eigenvalue weighted by molar-refractivity contribution is 5.33. The second-order valence-corrected chi connectivity index (χ2v) is 5.84. The molecule has 23 heavy (non-hydrogen) atoms. The summed E-state index contributed by atoms with van der Waals surface area (Å²) in [6.07, 6.45) is 8.63. The first kappa shape index (κ1) is 17.4. The van der Waals surface area contributed by atoms with Crippen molar-refractivity contribution in [3.63, 3.8) is 0 Å². The summed E-state index contributed by atoms with van der Waals surface area (Å²) in [5.41, 5.74) is 1.33. The van der Waals surface area contributed by atoms with Crippen LogP contribution in [0, 0.1) is 0 Å². The number of ether oxygens (including phenoxy) is 2. The highest BCUT2D eigenvalue weighted by Crippen LogP contribution is 2.20. The zero-order valence-corrected chi connectivity index (χ0v) is 14.2. The molecule has 0 aromatic heterocycles. The summed E-state index contributed by atoms with van der Waals surface area (Å²) in [4.78, 5) is 0. The monoisotopic (exact) mass is 312 g/mol. The largest absolute Gasteiger partial charge is 0.496 e. The molecule has 0 heterocycles. The Balaban J connectivity index is 1.47. The molecule has 0 fully saturated rings. The van der Waals surface area contributed by atoms with E-state index in [0.717, 1.165) is 30.9 Å². The molecule has 0 aliphatic heterocycles. The average Bonchev–Trinajstić information content (AvgIpc) is 2.61. The number of aryl methyl sites for hydroxylation is 1. The van der Waals surface area contributed by atoms with E-state index in [-0.39, 0.29) is 0 Å². The lowest BCUT2D eigenvalue weighted by atomic mass is 10.0. The molecule has 2 aromatic rings. The number of methoxy groups -OCH3 is 1. The van der Waals surface area contributed by atoms with Gasteiger partial charge in [0, 0.05) is 0 Å². The third-order valence-corrected chi connectivity index (χ3v) is 4.04. The van der Waals surface area contributed by atoms with Crippen LogP contribution in [0.4, 0.5) is 0 Å². The van der Waals surface area contributed by atoms with Gasteiger partial charge in [0.1, 0.15) is 11.5 Å². The molecule has 0 atom stereocenters. The van der Waals surface area contributed by atoms with Gasteiger partial charge in [-0.3, -0.25) is 0 Å². The molecule has 0 radical (unpaired) electrons. The quantitative estimate of drug-likeness (QED) is 0.499. The molecule has 0 N–H and O–H groups in total. The van der Waals surface area contributed by atoms with Gasteiger partial charge in [-0.2, -0.15) is 0 Å². The molecule has 0 unspecified atom stereocenters. The van der Waals surface area contributed by atoms with E-state index in [2.05, 4.69) is 12.1 Å². The Kier molecular flexibility index (Phi) is 8.10. The van der Waals surface area contributed by atoms with Crippen molar-refractivity contribution in [2.45, 2.75) is 44.9 Å². The number of hydrogen-bond acceptors (Lipinski definition) is 2. The fourth-order valence-corrected chi connectivity index (χ4v) is 2.74. The highest BCUT2D eigenvalue weighted by Gasteiger charge is 2.01. The predicted octanol–water partition coefficient (Wildman–Crippen LogP) is 5.66. The lowest BCUT2D eigenvalue weighted by Gasteiger charge is -2.08. The Labute approximate surface area is 140 Å². The third kappa shape index (κ3) is 6.77. The summed E-state index contributed by atoms with van der Waals surface area (Å²) >= 11 is 0. The molecular weight excluding hydrogens is 284 g/mol. The number of hydrogen-bond donors (Lipinski definition) is 0. The van der Waals surface area contributed by atoms with Crippen LogP contribution in [0.25, 0.3) is 0 Å². The van der Waals surface area contributed by atoms with Crippen molar-refractivity contribution >= 4 is 0 Å². The molecule has 0 amide bonds. The van der Waals surface area contributed by atoms with Crippen LogP contribution >= 0.6 is 0 Å². The number of para-hydroxylation sites is 2. The van der Waals surface area contributed by atoms with Gasteiger partial charge in [-0.15, -0.1) is 0 Å². The number of benzene rings is 2. The molecule has 124 valence electrons. The molecule has 2 aromatic carbocycles.